The third kappa shape index (κ3) is 5.27. The van der Waals surface area contributed by atoms with Crippen molar-refractivity contribution in [3.05, 3.63) is 28.2 Å². The molecule has 0 heterocycles. The molecule has 7 heteroatoms. The normalized spacial score (nSPS) is 11.6. The van der Waals surface area contributed by atoms with Crippen LogP contribution in [0, 0.1) is 0 Å². The number of esters is 1. The van der Waals surface area contributed by atoms with Crippen LogP contribution in [0.5, 0.6) is 5.75 Å². The predicted octanol–water partition coefficient (Wildman–Crippen LogP) is 2.44. The molecule has 1 amide bonds. The number of halogens is 2. The number of ether oxygens (including phenoxy) is 2. The molecule has 1 aromatic rings. The molecule has 1 atom stereocenters. The second kappa shape index (κ2) is 7.97. The lowest BCUT2D eigenvalue weighted by Gasteiger charge is -2.13. The van der Waals surface area contributed by atoms with Gasteiger partial charge >= 0.3 is 5.97 Å². The number of hydrogen-bond donors (Lipinski definition) is 1. The van der Waals surface area contributed by atoms with Crippen molar-refractivity contribution in [2.45, 2.75) is 20.0 Å². The second-order valence-corrected chi connectivity index (χ2v) is 4.73. The van der Waals surface area contributed by atoms with Crippen molar-refractivity contribution in [1.82, 2.24) is 5.32 Å². The molecule has 0 saturated heterocycles. The number of hydrogen-bond acceptors (Lipinski definition) is 4. The van der Waals surface area contributed by atoms with E-state index < -0.39 is 12.1 Å². The first-order valence-corrected chi connectivity index (χ1v) is 6.74. The van der Waals surface area contributed by atoms with Crippen LogP contribution in [0.4, 0.5) is 0 Å². The zero-order valence-corrected chi connectivity index (χ0v) is 12.6. The fourth-order valence-electron chi connectivity index (χ4n) is 1.33. The van der Waals surface area contributed by atoms with Gasteiger partial charge in [-0.1, -0.05) is 23.2 Å². The quantitative estimate of drug-likeness (QED) is 0.818. The molecule has 0 aliphatic rings. The molecule has 0 spiro atoms. The Kier molecular flexibility index (Phi) is 6.61. The Labute approximate surface area is 127 Å². The van der Waals surface area contributed by atoms with Gasteiger partial charge < -0.3 is 14.8 Å². The molecule has 0 aromatic heterocycles. The summed E-state index contributed by atoms with van der Waals surface area (Å²) in [5.41, 5.74) is 0. The molecule has 0 bridgehead atoms. The lowest BCUT2D eigenvalue weighted by Crippen LogP contribution is -2.36. The smallest absolute Gasteiger partial charge is 0.344 e. The fourth-order valence-corrected chi connectivity index (χ4v) is 1.79. The second-order valence-electron chi connectivity index (χ2n) is 3.89. The minimum absolute atomic E-state index is 0.294. The van der Waals surface area contributed by atoms with Crippen LogP contribution in [-0.2, 0) is 14.3 Å². The largest absolute Gasteiger partial charge is 0.480 e. The van der Waals surface area contributed by atoms with E-state index in [1.807, 2.05) is 0 Å². The molecule has 1 aromatic carbocycles. The molecule has 1 rings (SSSR count). The van der Waals surface area contributed by atoms with Crippen LogP contribution >= 0.6 is 23.2 Å². The number of likely N-dealkylation sites (N-methyl/N-ethyl adjacent to an activating group) is 1. The first kappa shape index (κ1) is 16.6. The number of rotatable bonds is 6. The van der Waals surface area contributed by atoms with Crippen LogP contribution in [0.2, 0.25) is 10.0 Å². The molecule has 0 aliphatic carbocycles. The summed E-state index contributed by atoms with van der Waals surface area (Å²) in [7, 11) is 0. The molecule has 110 valence electrons. The van der Waals surface area contributed by atoms with Gasteiger partial charge in [-0.05, 0) is 32.0 Å². The molecule has 1 N–H and O–H groups in total. The van der Waals surface area contributed by atoms with E-state index in [-0.39, 0.29) is 12.5 Å². The van der Waals surface area contributed by atoms with Gasteiger partial charge in [0.05, 0.1) is 5.02 Å². The van der Waals surface area contributed by atoms with E-state index in [2.05, 4.69) is 5.32 Å². The van der Waals surface area contributed by atoms with Gasteiger partial charge in [-0.25, -0.2) is 4.79 Å². The van der Waals surface area contributed by atoms with Crippen LogP contribution in [0.3, 0.4) is 0 Å². The third-order valence-electron chi connectivity index (χ3n) is 2.27. The number of nitrogens with one attached hydrogen (secondary N) is 1. The molecule has 20 heavy (non-hydrogen) atoms. The van der Waals surface area contributed by atoms with Crippen molar-refractivity contribution in [1.29, 1.82) is 0 Å². The van der Waals surface area contributed by atoms with Crippen molar-refractivity contribution in [3.63, 3.8) is 0 Å². The molecular weight excluding hydrogens is 305 g/mol. The van der Waals surface area contributed by atoms with Gasteiger partial charge in [-0.3, -0.25) is 4.79 Å². The van der Waals surface area contributed by atoms with Gasteiger partial charge in [0, 0.05) is 11.6 Å². The highest BCUT2D eigenvalue weighted by Gasteiger charge is 2.17. The lowest BCUT2D eigenvalue weighted by molar-refractivity contribution is -0.156. The number of carbonyl (C=O) groups excluding carboxylic acids is 2. The molecule has 0 saturated carbocycles. The van der Waals surface area contributed by atoms with E-state index in [4.69, 9.17) is 32.7 Å². The summed E-state index contributed by atoms with van der Waals surface area (Å²) in [6.07, 6.45) is -0.869. The van der Waals surface area contributed by atoms with Crippen molar-refractivity contribution in [2.75, 3.05) is 13.2 Å². The maximum absolute atomic E-state index is 11.5. The summed E-state index contributed by atoms with van der Waals surface area (Å²) in [5.74, 6) is -0.696. The average molecular weight is 320 g/mol. The number of carbonyl (C=O) groups is 2. The summed E-state index contributed by atoms with van der Waals surface area (Å²) < 4.78 is 10.1. The van der Waals surface area contributed by atoms with Gasteiger partial charge in [0.15, 0.2) is 12.7 Å². The predicted molar refractivity (Wildman–Crippen MR) is 76.2 cm³/mol. The van der Waals surface area contributed by atoms with Gasteiger partial charge in [0.1, 0.15) is 5.75 Å². The highest BCUT2D eigenvalue weighted by Crippen LogP contribution is 2.27. The topological polar surface area (TPSA) is 64.6 Å². The number of benzene rings is 1. The van der Waals surface area contributed by atoms with Crippen molar-refractivity contribution in [3.8, 4) is 5.75 Å². The van der Waals surface area contributed by atoms with E-state index in [1.54, 1.807) is 19.1 Å². The first-order chi connectivity index (χ1) is 9.43. The Morgan fingerprint density at radius 3 is 2.65 bits per heavy atom. The summed E-state index contributed by atoms with van der Waals surface area (Å²) in [6, 6.07) is 4.64. The summed E-state index contributed by atoms with van der Waals surface area (Å²) >= 11 is 11.6. The minimum atomic E-state index is -0.869. The first-order valence-electron chi connectivity index (χ1n) is 5.99. The standard InChI is InChI=1S/C13H15Cl2NO4/c1-3-16-13(18)8(2)20-12(17)7-19-11-5-4-9(14)6-10(11)15/h4-6,8H,3,7H2,1-2H3,(H,16,18)/t8-/m0/s1. The Morgan fingerprint density at radius 1 is 1.35 bits per heavy atom. The Hall–Kier alpha value is -1.46. The highest BCUT2D eigenvalue weighted by molar-refractivity contribution is 6.35. The van der Waals surface area contributed by atoms with Gasteiger partial charge in [-0.15, -0.1) is 0 Å². The monoisotopic (exact) mass is 319 g/mol. The van der Waals surface area contributed by atoms with Crippen LogP contribution < -0.4 is 10.1 Å². The van der Waals surface area contributed by atoms with E-state index >= 15 is 0 Å². The molecule has 0 unspecified atom stereocenters. The maximum atomic E-state index is 11.5. The van der Waals surface area contributed by atoms with Gasteiger partial charge in [-0.2, -0.15) is 0 Å². The van der Waals surface area contributed by atoms with Crippen LogP contribution in [0.25, 0.3) is 0 Å². The van der Waals surface area contributed by atoms with Crippen molar-refractivity contribution < 1.29 is 19.1 Å². The average Bonchev–Trinajstić information content (AvgIpc) is 2.37. The molecular formula is C13H15Cl2NO4. The van der Waals surface area contributed by atoms with E-state index in [1.165, 1.54) is 13.0 Å². The minimum Gasteiger partial charge on any atom is -0.480 e. The van der Waals surface area contributed by atoms with Crippen LogP contribution in [0.1, 0.15) is 13.8 Å². The molecule has 5 nitrogen and oxygen atoms in total. The summed E-state index contributed by atoms with van der Waals surface area (Å²) in [5, 5.41) is 3.31. The number of amides is 1. The summed E-state index contributed by atoms with van der Waals surface area (Å²) in [4.78, 5) is 22.9. The van der Waals surface area contributed by atoms with E-state index in [0.717, 1.165) is 0 Å². The van der Waals surface area contributed by atoms with Crippen molar-refractivity contribution >= 4 is 35.1 Å². The Morgan fingerprint density at radius 2 is 2.05 bits per heavy atom. The SMILES string of the molecule is CCNC(=O)[C@H](C)OC(=O)COc1ccc(Cl)cc1Cl. The molecule has 0 aliphatic heterocycles. The fraction of sp³-hybridized carbons (Fsp3) is 0.385. The highest BCUT2D eigenvalue weighted by atomic mass is 35.5. The van der Waals surface area contributed by atoms with Crippen molar-refractivity contribution in [2.24, 2.45) is 0 Å². The molecule has 0 radical (unpaired) electrons. The zero-order chi connectivity index (χ0) is 15.1. The maximum Gasteiger partial charge on any atom is 0.344 e. The zero-order valence-electron chi connectivity index (χ0n) is 11.1. The van der Waals surface area contributed by atoms with E-state index in [0.29, 0.717) is 22.3 Å². The van der Waals surface area contributed by atoms with Gasteiger partial charge in [0.2, 0.25) is 0 Å². The van der Waals surface area contributed by atoms with Crippen LogP contribution in [0.15, 0.2) is 18.2 Å². The van der Waals surface area contributed by atoms with Gasteiger partial charge in [0.25, 0.3) is 5.91 Å². The van der Waals surface area contributed by atoms with E-state index in [9.17, 15) is 9.59 Å². The molecule has 0 fully saturated rings. The third-order valence-corrected chi connectivity index (χ3v) is 2.80. The van der Waals surface area contributed by atoms with Crippen LogP contribution in [-0.4, -0.2) is 31.1 Å². The Bertz CT molecular complexity index is 493. The lowest BCUT2D eigenvalue weighted by atomic mass is 10.3. The summed E-state index contributed by atoms with van der Waals surface area (Å²) in [6.45, 7) is 3.39. The Balaban J connectivity index is 2.45.